The molecule has 4 nitrogen and oxygen atoms in total. The minimum absolute atomic E-state index is 0.0353. The molecule has 0 radical (unpaired) electrons. The first-order valence-corrected chi connectivity index (χ1v) is 9.33. The molecule has 4 heteroatoms. The minimum Gasteiger partial charge on any atom is -0.347 e. The molecule has 0 aliphatic carbocycles. The van der Waals surface area contributed by atoms with Crippen LogP contribution in [-0.2, 0) is 22.6 Å². The number of carbonyl (C=O) groups is 2. The van der Waals surface area contributed by atoms with Crippen molar-refractivity contribution in [2.24, 2.45) is 0 Å². The second-order valence-corrected chi connectivity index (χ2v) is 6.74. The summed E-state index contributed by atoms with van der Waals surface area (Å²) in [6.45, 7) is 2.41. The molecule has 3 rings (SSSR count). The lowest BCUT2D eigenvalue weighted by Gasteiger charge is -2.23. The third-order valence-corrected chi connectivity index (χ3v) is 4.44. The lowest BCUT2D eigenvalue weighted by atomic mass is 10.1. The maximum absolute atomic E-state index is 12.9. The number of para-hydroxylation sites is 1. The fourth-order valence-corrected chi connectivity index (χ4v) is 3.04. The highest BCUT2D eigenvalue weighted by molar-refractivity contribution is 5.96. The van der Waals surface area contributed by atoms with E-state index in [0.29, 0.717) is 6.54 Å². The van der Waals surface area contributed by atoms with E-state index in [1.807, 2.05) is 91.9 Å². The van der Waals surface area contributed by atoms with Gasteiger partial charge < -0.3 is 10.2 Å². The number of hydrogen-bond acceptors (Lipinski definition) is 2. The van der Waals surface area contributed by atoms with Crippen molar-refractivity contribution in [1.29, 1.82) is 0 Å². The number of amides is 2. The number of rotatable bonds is 7. The van der Waals surface area contributed by atoms with E-state index >= 15 is 0 Å². The average molecular weight is 372 g/mol. The summed E-state index contributed by atoms with van der Waals surface area (Å²) >= 11 is 0. The van der Waals surface area contributed by atoms with Gasteiger partial charge in [0.25, 0.3) is 0 Å². The van der Waals surface area contributed by atoms with Crippen LogP contribution in [-0.4, -0.2) is 18.4 Å². The smallest absolute Gasteiger partial charge is 0.246 e. The van der Waals surface area contributed by atoms with Gasteiger partial charge >= 0.3 is 0 Å². The molecule has 0 atom stereocenters. The molecule has 0 spiro atoms. The number of nitrogens with zero attached hydrogens (tertiary/aromatic N) is 1. The van der Waals surface area contributed by atoms with Crippen molar-refractivity contribution in [3.8, 4) is 0 Å². The molecule has 142 valence electrons. The number of anilines is 1. The van der Waals surface area contributed by atoms with Crippen LogP contribution in [0.2, 0.25) is 0 Å². The van der Waals surface area contributed by atoms with Crippen LogP contribution in [0.1, 0.15) is 16.7 Å². The van der Waals surface area contributed by atoms with Crippen molar-refractivity contribution in [3.05, 3.63) is 102 Å². The molecular formula is C24H24N2O2. The van der Waals surface area contributed by atoms with Crippen LogP contribution in [0.15, 0.2) is 84.9 Å². The monoisotopic (exact) mass is 372 g/mol. The molecular weight excluding hydrogens is 348 g/mol. The molecule has 0 heterocycles. The van der Waals surface area contributed by atoms with Gasteiger partial charge in [0, 0.05) is 5.69 Å². The summed E-state index contributed by atoms with van der Waals surface area (Å²) in [6, 6.07) is 27.2. The zero-order chi connectivity index (χ0) is 19.8. The molecule has 0 fully saturated rings. The normalized spacial score (nSPS) is 10.3. The number of hydrogen-bond donors (Lipinski definition) is 1. The van der Waals surface area contributed by atoms with Gasteiger partial charge in [-0.05, 0) is 30.2 Å². The number of aryl methyl sites for hydroxylation is 1. The number of nitrogens with one attached hydrogen (secondary N) is 1. The molecule has 1 N–H and O–H groups in total. The van der Waals surface area contributed by atoms with Crippen LogP contribution < -0.4 is 10.2 Å². The second-order valence-electron chi connectivity index (χ2n) is 6.74. The van der Waals surface area contributed by atoms with Gasteiger partial charge in [0.2, 0.25) is 11.8 Å². The van der Waals surface area contributed by atoms with Crippen LogP contribution >= 0.6 is 0 Å². The van der Waals surface area contributed by atoms with Crippen molar-refractivity contribution in [2.45, 2.75) is 19.9 Å². The van der Waals surface area contributed by atoms with E-state index in [-0.39, 0.29) is 24.8 Å². The summed E-state index contributed by atoms with van der Waals surface area (Å²) in [6.07, 6.45) is 0.263. The van der Waals surface area contributed by atoms with Gasteiger partial charge in [-0.25, -0.2) is 0 Å². The largest absolute Gasteiger partial charge is 0.347 e. The highest BCUT2D eigenvalue weighted by Gasteiger charge is 2.17. The van der Waals surface area contributed by atoms with Crippen molar-refractivity contribution in [1.82, 2.24) is 5.32 Å². The quantitative estimate of drug-likeness (QED) is 0.684. The Labute approximate surface area is 165 Å². The first-order chi connectivity index (χ1) is 13.6. The molecule has 3 aromatic rings. The second kappa shape index (κ2) is 9.51. The maximum atomic E-state index is 12.9. The first kappa shape index (κ1) is 19.4. The van der Waals surface area contributed by atoms with E-state index in [2.05, 4.69) is 5.32 Å². The Hall–Kier alpha value is -3.40. The highest BCUT2D eigenvalue weighted by Crippen LogP contribution is 2.17. The Morgan fingerprint density at radius 2 is 1.46 bits per heavy atom. The Bertz CT molecular complexity index is 924. The summed E-state index contributed by atoms with van der Waals surface area (Å²) < 4.78 is 0. The van der Waals surface area contributed by atoms with Crippen LogP contribution in [0.3, 0.4) is 0 Å². The summed E-state index contributed by atoms with van der Waals surface area (Å²) in [4.78, 5) is 26.8. The molecule has 0 unspecified atom stereocenters. The summed E-state index contributed by atoms with van der Waals surface area (Å²) in [7, 11) is 0. The molecule has 3 aromatic carbocycles. The van der Waals surface area contributed by atoms with Gasteiger partial charge in [-0.2, -0.15) is 0 Å². The summed E-state index contributed by atoms with van der Waals surface area (Å²) in [5.41, 5.74) is 3.89. The van der Waals surface area contributed by atoms with E-state index in [4.69, 9.17) is 0 Å². The lowest BCUT2D eigenvalue weighted by molar-refractivity contribution is -0.124. The molecule has 0 aromatic heterocycles. The lowest BCUT2D eigenvalue weighted by Crippen LogP contribution is -2.40. The maximum Gasteiger partial charge on any atom is 0.246 e. The zero-order valence-electron chi connectivity index (χ0n) is 16.0. The SMILES string of the molecule is Cc1cccc(CC(=O)NCC(=O)N(Cc2ccccc2)c2ccccc2)c1. The zero-order valence-corrected chi connectivity index (χ0v) is 16.0. The van der Waals surface area contributed by atoms with Crippen LogP contribution in [0.4, 0.5) is 5.69 Å². The number of benzene rings is 3. The fraction of sp³-hybridized carbons (Fsp3) is 0.167. The number of carbonyl (C=O) groups excluding carboxylic acids is 2. The predicted molar refractivity (Wildman–Crippen MR) is 112 cm³/mol. The van der Waals surface area contributed by atoms with E-state index in [1.54, 1.807) is 4.90 Å². The Morgan fingerprint density at radius 1 is 0.821 bits per heavy atom. The summed E-state index contributed by atoms with van der Waals surface area (Å²) in [5, 5.41) is 2.76. The van der Waals surface area contributed by atoms with E-state index in [0.717, 1.165) is 22.4 Å². The van der Waals surface area contributed by atoms with Gasteiger partial charge in [-0.15, -0.1) is 0 Å². The highest BCUT2D eigenvalue weighted by atomic mass is 16.2. The predicted octanol–water partition coefficient (Wildman–Crippen LogP) is 3.89. The molecule has 2 amide bonds. The topological polar surface area (TPSA) is 49.4 Å². The van der Waals surface area contributed by atoms with E-state index < -0.39 is 0 Å². The van der Waals surface area contributed by atoms with Gasteiger partial charge in [0.15, 0.2) is 0 Å². The average Bonchev–Trinajstić information content (AvgIpc) is 2.72. The van der Waals surface area contributed by atoms with Gasteiger partial charge in [0.05, 0.1) is 19.5 Å². The van der Waals surface area contributed by atoms with Crippen molar-refractivity contribution >= 4 is 17.5 Å². The van der Waals surface area contributed by atoms with Gasteiger partial charge in [-0.1, -0.05) is 78.4 Å². The van der Waals surface area contributed by atoms with E-state index in [1.165, 1.54) is 0 Å². The Kier molecular flexibility index (Phi) is 6.58. The Morgan fingerprint density at radius 3 is 2.14 bits per heavy atom. The van der Waals surface area contributed by atoms with Crippen molar-refractivity contribution in [2.75, 3.05) is 11.4 Å². The Balaban J connectivity index is 1.65. The van der Waals surface area contributed by atoms with Crippen LogP contribution in [0.25, 0.3) is 0 Å². The van der Waals surface area contributed by atoms with Crippen LogP contribution in [0, 0.1) is 6.92 Å². The van der Waals surface area contributed by atoms with Gasteiger partial charge in [0.1, 0.15) is 0 Å². The minimum atomic E-state index is -0.160. The molecule has 0 saturated heterocycles. The molecule has 0 bridgehead atoms. The molecule has 0 saturated carbocycles. The standard InChI is InChI=1S/C24H24N2O2/c1-19-9-8-12-21(15-19)16-23(27)25-17-24(28)26(22-13-6-3-7-14-22)18-20-10-4-2-5-11-20/h2-15H,16-18H2,1H3,(H,25,27). The van der Waals surface area contributed by atoms with Gasteiger partial charge in [-0.3, -0.25) is 9.59 Å². The molecule has 0 aliphatic heterocycles. The van der Waals surface area contributed by atoms with Crippen molar-refractivity contribution < 1.29 is 9.59 Å². The summed E-state index contributed by atoms with van der Waals surface area (Å²) in [5.74, 6) is -0.306. The first-order valence-electron chi connectivity index (χ1n) is 9.33. The molecule has 0 aliphatic rings. The van der Waals surface area contributed by atoms with Crippen LogP contribution in [0.5, 0.6) is 0 Å². The third kappa shape index (κ3) is 5.55. The fourth-order valence-electron chi connectivity index (χ4n) is 3.04. The van der Waals surface area contributed by atoms with Crippen molar-refractivity contribution in [3.63, 3.8) is 0 Å². The third-order valence-electron chi connectivity index (χ3n) is 4.44. The molecule has 28 heavy (non-hydrogen) atoms. The van der Waals surface area contributed by atoms with E-state index in [9.17, 15) is 9.59 Å².